The van der Waals surface area contributed by atoms with E-state index >= 15 is 0 Å². The summed E-state index contributed by atoms with van der Waals surface area (Å²) in [5.41, 5.74) is 1.89. The van der Waals surface area contributed by atoms with Crippen LogP contribution >= 0.6 is 0 Å². The third-order valence-electron chi connectivity index (χ3n) is 5.05. The van der Waals surface area contributed by atoms with Gasteiger partial charge in [-0.3, -0.25) is 0 Å². The standard InChI is InChI=1S/C20H23FN6O2S/c1-14-12-15(2)27(24-14)20-13-19(22-16(3)23-20)25-8-10-26(11-9-25)30(28,29)18-6-4-17(21)5-7-18/h4-7,12-13H,8-11H2,1-3H3. The largest absolute Gasteiger partial charge is 0.354 e. The highest BCUT2D eigenvalue weighted by atomic mass is 32.2. The second kappa shape index (κ2) is 7.77. The summed E-state index contributed by atoms with van der Waals surface area (Å²) in [5, 5.41) is 4.49. The molecule has 0 aliphatic carbocycles. The molecule has 3 heterocycles. The molecular formula is C20H23FN6O2S. The maximum Gasteiger partial charge on any atom is 0.243 e. The molecule has 0 radical (unpaired) electrons. The van der Waals surface area contributed by atoms with Gasteiger partial charge in [-0.25, -0.2) is 27.5 Å². The molecule has 1 fully saturated rings. The van der Waals surface area contributed by atoms with Gasteiger partial charge in [0.1, 0.15) is 17.5 Å². The molecule has 1 aromatic carbocycles. The van der Waals surface area contributed by atoms with Crippen molar-refractivity contribution in [2.24, 2.45) is 0 Å². The van der Waals surface area contributed by atoms with Gasteiger partial charge in [-0.1, -0.05) is 0 Å². The number of benzene rings is 1. The zero-order valence-electron chi connectivity index (χ0n) is 17.1. The van der Waals surface area contributed by atoms with E-state index in [4.69, 9.17) is 0 Å². The number of aromatic nitrogens is 4. The Morgan fingerprint density at radius 1 is 0.900 bits per heavy atom. The minimum absolute atomic E-state index is 0.0991. The van der Waals surface area contributed by atoms with Crippen LogP contribution in [0.25, 0.3) is 5.82 Å². The highest BCUT2D eigenvalue weighted by Gasteiger charge is 2.29. The molecule has 158 valence electrons. The van der Waals surface area contributed by atoms with Crippen LogP contribution in [-0.4, -0.2) is 58.7 Å². The summed E-state index contributed by atoms with van der Waals surface area (Å²) in [7, 11) is -3.65. The van der Waals surface area contributed by atoms with Crippen LogP contribution in [0.5, 0.6) is 0 Å². The third-order valence-corrected chi connectivity index (χ3v) is 6.96. The van der Waals surface area contributed by atoms with E-state index in [0.29, 0.717) is 37.8 Å². The first-order valence-corrected chi connectivity index (χ1v) is 11.1. The number of rotatable bonds is 4. The fourth-order valence-electron chi connectivity index (χ4n) is 3.58. The van der Waals surface area contributed by atoms with Crippen molar-refractivity contribution >= 4 is 15.8 Å². The lowest BCUT2D eigenvalue weighted by atomic mass is 10.3. The number of sulfonamides is 1. The van der Waals surface area contributed by atoms with Crippen molar-refractivity contribution in [3.63, 3.8) is 0 Å². The molecule has 0 amide bonds. The van der Waals surface area contributed by atoms with Crippen LogP contribution in [0.4, 0.5) is 10.2 Å². The van der Waals surface area contributed by atoms with Crippen LogP contribution in [0, 0.1) is 26.6 Å². The SMILES string of the molecule is Cc1cc(C)n(-c2cc(N3CCN(S(=O)(=O)c4ccc(F)cc4)CC3)nc(C)n2)n1. The zero-order valence-corrected chi connectivity index (χ0v) is 17.9. The average Bonchev–Trinajstić information content (AvgIpc) is 3.06. The van der Waals surface area contributed by atoms with Crippen LogP contribution in [0.15, 0.2) is 41.3 Å². The zero-order chi connectivity index (χ0) is 21.5. The minimum Gasteiger partial charge on any atom is -0.354 e. The highest BCUT2D eigenvalue weighted by Crippen LogP contribution is 2.22. The fourth-order valence-corrected chi connectivity index (χ4v) is 5.00. The van der Waals surface area contributed by atoms with Crippen LogP contribution in [0.1, 0.15) is 17.2 Å². The van der Waals surface area contributed by atoms with E-state index in [0.717, 1.165) is 29.3 Å². The number of halogens is 1. The molecule has 3 aromatic rings. The monoisotopic (exact) mass is 430 g/mol. The average molecular weight is 431 g/mol. The Bertz CT molecular complexity index is 1170. The Kier molecular flexibility index (Phi) is 5.29. The topological polar surface area (TPSA) is 84.2 Å². The first-order valence-electron chi connectivity index (χ1n) is 9.64. The number of hydrogen-bond donors (Lipinski definition) is 0. The van der Waals surface area contributed by atoms with E-state index in [9.17, 15) is 12.8 Å². The van der Waals surface area contributed by atoms with Gasteiger partial charge in [-0.05, 0) is 51.1 Å². The molecule has 10 heteroatoms. The van der Waals surface area contributed by atoms with Gasteiger partial charge in [0.05, 0.1) is 10.6 Å². The van der Waals surface area contributed by atoms with Crippen molar-refractivity contribution < 1.29 is 12.8 Å². The molecule has 1 saturated heterocycles. The van der Waals surface area contributed by atoms with Gasteiger partial charge in [0.15, 0.2) is 5.82 Å². The van der Waals surface area contributed by atoms with Gasteiger partial charge in [0.25, 0.3) is 0 Å². The Morgan fingerprint density at radius 2 is 1.53 bits per heavy atom. The van der Waals surface area contributed by atoms with E-state index in [1.54, 1.807) is 4.68 Å². The molecule has 1 aliphatic rings. The second-order valence-corrected chi connectivity index (χ2v) is 9.25. The van der Waals surface area contributed by atoms with E-state index < -0.39 is 15.8 Å². The van der Waals surface area contributed by atoms with Crippen molar-refractivity contribution in [2.45, 2.75) is 25.7 Å². The molecular weight excluding hydrogens is 407 g/mol. The lowest BCUT2D eigenvalue weighted by Gasteiger charge is -2.34. The van der Waals surface area contributed by atoms with Gasteiger partial charge in [-0.2, -0.15) is 9.40 Å². The third kappa shape index (κ3) is 3.92. The fraction of sp³-hybridized carbons (Fsp3) is 0.350. The lowest BCUT2D eigenvalue weighted by Crippen LogP contribution is -2.49. The van der Waals surface area contributed by atoms with Gasteiger partial charge >= 0.3 is 0 Å². The van der Waals surface area contributed by atoms with Crippen LogP contribution < -0.4 is 4.90 Å². The van der Waals surface area contributed by atoms with Crippen molar-refractivity contribution in [1.82, 2.24) is 24.1 Å². The van der Waals surface area contributed by atoms with Gasteiger partial charge in [0.2, 0.25) is 10.0 Å². The first kappa shape index (κ1) is 20.4. The summed E-state index contributed by atoms with van der Waals surface area (Å²) in [6, 6.07) is 8.77. The number of anilines is 1. The Labute approximate surface area is 175 Å². The van der Waals surface area contributed by atoms with E-state index in [1.165, 1.54) is 16.4 Å². The van der Waals surface area contributed by atoms with Crippen LogP contribution in [-0.2, 0) is 10.0 Å². The van der Waals surface area contributed by atoms with E-state index in [-0.39, 0.29) is 4.90 Å². The lowest BCUT2D eigenvalue weighted by molar-refractivity contribution is 0.383. The molecule has 8 nitrogen and oxygen atoms in total. The van der Waals surface area contributed by atoms with Gasteiger partial charge < -0.3 is 4.90 Å². The number of piperazine rings is 1. The van der Waals surface area contributed by atoms with Crippen LogP contribution in [0.2, 0.25) is 0 Å². The predicted molar refractivity (Wildman–Crippen MR) is 111 cm³/mol. The number of nitrogens with zero attached hydrogens (tertiary/aromatic N) is 6. The van der Waals surface area contributed by atoms with Crippen LogP contribution in [0.3, 0.4) is 0 Å². The number of aryl methyl sites for hydroxylation is 3. The summed E-state index contributed by atoms with van der Waals surface area (Å²) in [5.74, 6) is 1.58. The van der Waals surface area contributed by atoms with Crippen molar-refractivity contribution in [3.05, 3.63) is 59.4 Å². The summed E-state index contributed by atoms with van der Waals surface area (Å²) in [6.45, 7) is 7.35. The van der Waals surface area contributed by atoms with Crippen molar-refractivity contribution in [1.29, 1.82) is 0 Å². The molecule has 0 unspecified atom stereocenters. The Balaban J connectivity index is 1.53. The number of hydrogen-bond acceptors (Lipinski definition) is 6. The summed E-state index contributed by atoms with van der Waals surface area (Å²) >= 11 is 0. The summed E-state index contributed by atoms with van der Waals surface area (Å²) in [6.07, 6.45) is 0. The molecule has 0 atom stereocenters. The Hall–Kier alpha value is -2.85. The maximum absolute atomic E-state index is 13.1. The van der Waals surface area contributed by atoms with Gasteiger partial charge in [0, 0.05) is 37.9 Å². The minimum atomic E-state index is -3.65. The molecule has 0 bridgehead atoms. The van der Waals surface area contributed by atoms with Gasteiger partial charge in [-0.15, -0.1) is 0 Å². The second-order valence-electron chi connectivity index (χ2n) is 7.32. The molecule has 2 aromatic heterocycles. The quantitative estimate of drug-likeness (QED) is 0.631. The molecule has 30 heavy (non-hydrogen) atoms. The molecule has 0 saturated carbocycles. The normalized spacial score (nSPS) is 15.5. The molecule has 1 aliphatic heterocycles. The van der Waals surface area contributed by atoms with E-state index in [1.807, 2.05) is 37.8 Å². The highest BCUT2D eigenvalue weighted by molar-refractivity contribution is 7.89. The molecule has 4 rings (SSSR count). The predicted octanol–water partition coefficient (Wildman–Crippen LogP) is 2.24. The molecule has 0 N–H and O–H groups in total. The van der Waals surface area contributed by atoms with E-state index in [2.05, 4.69) is 15.1 Å². The smallest absolute Gasteiger partial charge is 0.243 e. The summed E-state index contributed by atoms with van der Waals surface area (Å²) < 4.78 is 42.0. The molecule has 0 spiro atoms. The maximum atomic E-state index is 13.1. The summed E-state index contributed by atoms with van der Waals surface area (Å²) in [4.78, 5) is 11.2. The Morgan fingerprint density at radius 3 is 2.13 bits per heavy atom. The van der Waals surface area contributed by atoms with Crippen molar-refractivity contribution in [2.75, 3.05) is 31.1 Å². The van der Waals surface area contributed by atoms with Crippen molar-refractivity contribution in [3.8, 4) is 5.82 Å². The first-order chi connectivity index (χ1) is 14.2.